The molecule has 3 aromatic rings. The highest BCUT2D eigenvalue weighted by Crippen LogP contribution is 2.37. The fourth-order valence-electron chi connectivity index (χ4n) is 3.02. The summed E-state index contributed by atoms with van der Waals surface area (Å²) in [6, 6.07) is 7.33. The van der Waals surface area contributed by atoms with E-state index in [9.17, 15) is 4.79 Å². The molecule has 0 saturated heterocycles. The number of carbonyl (C=O) groups excluding carboxylic acids is 1. The van der Waals surface area contributed by atoms with E-state index < -0.39 is 0 Å². The van der Waals surface area contributed by atoms with Gasteiger partial charge in [0.1, 0.15) is 12.1 Å². The van der Waals surface area contributed by atoms with Crippen LogP contribution in [0.5, 0.6) is 5.75 Å². The van der Waals surface area contributed by atoms with Gasteiger partial charge < -0.3 is 25.2 Å². The van der Waals surface area contributed by atoms with Crippen molar-refractivity contribution < 1.29 is 9.53 Å². The molecule has 2 N–H and O–H groups in total. The molecule has 3 rings (SSSR count). The van der Waals surface area contributed by atoms with Gasteiger partial charge in [-0.15, -0.1) is 0 Å². The number of likely N-dealkylation sites (N-methyl/N-ethyl adjacent to an activating group) is 2. The normalized spacial score (nSPS) is 10.6. The van der Waals surface area contributed by atoms with E-state index in [2.05, 4.69) is 46.9 Å². The Morgan fingerprint density at radius 2 is 2.00 bits per heavy atom. The molecule has 0 aliphatic rings. The van der Waals surface area contributed by atoms with E-state index in [0.717, 1.165) is 24.3 Å². The van der Waals surface area contributed by atoms with Crippen molar-refractivity contribution in [3.8, 4) is 17.1 Å². The van der Waals surface area contributed by atoms with Crippen molar-refractivity contribution in [2.24, 2.45) is 0 Å². The number of carbonyl (C=O) groups is 1. The Morgan fingerprint density at radius 3 is 2.67 bits per heavy atom. The number of hydrogen-bond donors (Lipinski definition) is 2. The van der Waals surface area contributed by atoms with Crippen molar-refractivity contribution in [1.82, 2.24) is 24.8 Å². The van der Waals surface area contributed by atoms with Crippen molar-refractivity contribution in [3.05, 3.63) is 55.6 Å². The minimum absolute atomic E-state index is 0.313. The predicted octanol–water partition coefficient (Wildman–Crippen LogP) is 2.81. The van der Waals surface area contributed by atoms with Gasteiger partial charge in [-0.25, -0.2) is 9.97 Å². The Hall–Kier alpha value is -4.05. The predicted molar refractivity (Wildman–Crippen MR) is 130 cm³/mol. The molecule has 1 amide bonds. The van der Waals surface area contributed by atoms with Crippen molar-refractivity contribution in [1.29, 1.82) is 0 Å². The van der Waals surface area contributed by atoms with Crippen LogP contribution in [-0.4, -0.2) is 72.1 Å². The van der Waals surface area contributed by atoms with Crippen LogP contribution in [0.15, 0.2) is 55.6 Å². The molecule has 10 nitrogen and oxygen atoms in total. The second kappa shape index (κ2) is 11.0. The van der Waals surface area contributed by atoms with Crippen LogP contribution in [0.4, 0.5) is 23.0 Å². The summed E-state index contributed by atoms with van der Waals surface area (Å²) in [5, 5.41) is 6.04. The number of nitrogens with one attached hydrogen (secondary N) is 2. The molecular weight excluding hydrogens is 420 g/mol. The van der Waals surface area contributed by atoms with Crippen molar-refractivity contribution in [3.63, 3.8) is 0 Å². The van der Waals surface area contributed by atoms with Crippen LogP contribution in [0.2, 0.25) is 0 Å². The third-order valence-corrected chi connectivity index (χ3v) is 4.79. The fraction of sp³-hybridized carbons (Fsp3) is 0.261. The molecule has 0 fully saturated rings. The number of amides is 1. The van der Waals surface area contributed by atoms with Crippen molar-refractivity contribution in [2.45, 2.75) is 0 Å². The average Bonchev–Trinajstić information content (AvgIpc) is 2.83. The van der Waals surface area contributed by atoms with Gasteiger partial charge in [-0.3, -0.25) is 9.78 Å². The first-order chi connectivity index (χ1) is 15.9. The second-order valence-corrected chi connectivity index (χ2v) is 7.49. The molecule has 33 heavy (non-hydrogen) atoms. The van der Waals surface area contributed by atoms with Crippen molar-refractivity contribution >= 4 is 28.9 Å². The molecule has 1 aromatic carbocycles. The highest BCUT2D eigenvalue weighted by molar-refractivity contribution is 6.02. The topological polar surface area (TPSA) is 108 Å². The Labute approximate surface area is 193 Å². The van der Waals surface area contributed by atoms with Crippen LogP contribution in [0.25, 0.3) is 11.4 Å². The lowest BCUT2D eigenvalue weighted by Crippen LogP contribution is -2.29. The van der Waals surface area contributed by atoms with Crippen LogP contribution in [0.1, 0.15) is 0 Å². The molecule has 0 aliphatic heterocycles. The molecule has 0 bridgehead atoms. The highest BCUT2D eigenvalue weighted by atomic mass is 16.5. The molecule has 2 aromatic heterocycles. The Balaban J connectivity index is 1.97. The first-order valence-corrected chi connectivity index (χ1v) is 10.3. The molecule has 0 aliphatic carbocycles. The van der Waals surface area contributed by atoms with Gasteiger partial charge in [0.2, 0.25) is 11.9 Å². The second-order valence-electron chi connectivity index (χ2n) is 7.49. The van der Waals surface area contributed by atoms with E-state index in [-0.39, 0.29) is 5.91 Å². The molecule has 0 unspecified atom stereocenters. The summed E-state index contributed by atoms with van der Waals surface area (Å²) in [5.41, 5.74) is 2.77. The zero-order chi connectivity index (χ0) is 23.8. The smallest absolute Gasteiger partial charge is 0.247 e. The Kier molecular flexibility index (Phi) is 7.87. The lowest BCUT2D eigenvalue weighted by Gasteiger charge is -2.25. The summed E-state index contributed by atoms with van der Waals surface area (Å²) < 4.78 is 5.62. The number of pyridine rings is 1. The van der Waals surface area contributed by atoms with Crippen LogP contribution < -0.4 is 20.3 Å². The largest absolute Gasteiger partial charge is 0.494 e. The van der Waals surface area contributed by atoms with E-state index in [1.165, 1.54) is 12.4 Å². The van der Waals surface area contributed by atoms with E-state index in [0.29, 0.717) is 28.9 Å². The molecule has 0 radical (unpaired) electrons. The summed E-state index contributed by atoms with van der Waals surface area (Å²) in [6.45, 7) is 5.14. The van der Waals surface area contributed by atoms with E-state index in [4.69, 9.17) is 4.74 Å². The van der Waals surface area contributed by atoms with Gasteiger partial charge in [0.15, 0.2) is 5.82 Å². The number of benzene rings is 1. The quantitative estimate of drug-likeness (QED) is 0.453. The molecule has 0 saturated carbocycles. The summed E-state index contributed by atoms with van der Waals surface area (Å²) in [5.74, 6) is 1.07. The lowest BCUT2D eigenvalue weighted by molar-refractivity contribution is -0.111. The Bertz CT molecular complexity index is 1100. The molecule has 0 spiro atoms. The van der Waals surface area contributed by atoms with E-state index in [1.54, 1.807) is 25.6 Å². The maximum atomic E-state index is 12.1. The fourth-order valence-corrected chi connectivity index (χ4v) is 3.02. The summed E-state index contributed by atoms with van der Waals surface area (Å²) >= 11 is 0. The van der Waals surface area contributed by atoms with Gasteiger partial charge in [0.05, 0.1) is 24.2 Å². The maximum absolute atomic E-state index is 12.1. The van der Waals surface area contributed by atoms with Crippen LogP contribution >= 0.6 is 0 Å². The van der Waals surface area contributed by atoms with Gasteiger partial charge >= 0.3 is 0 Å². The number of rotatable bonds is 10. The first kappa shape index (κ1) is 23.6. The standard InChI is InChI=1S/C23H28N8O2/c1-6-21(32)27-17-12-18(20(33-5)13-19(17)31(4)11-10-30(2)3)28-23-26-15-25-22(29-23)16-8-7-9-24-14-16/h6-9,12-15H,1,10-11H2,2-5H3,(H,27,32)(H,25,26,28,29). The van der Waals surface area contributed by atoms with Gasteiger partial charge in [-0.2, -0.15) is 4.98 Å². The van der Waals surface area contributed by atoms with Crippen molar-refractivity contribution in [2.75, 3.05) is 56.9 Å². The van der Waals surface area contributed by atoms with Crippen LogP contribution in [0, 0.1) is 0 Å². The van der Waals surface area contributed by atoms with Crippen LogP contribution in [0.3, 0.4) is 0 Å². The van der Waals surface area contributed by atoms with Gasteiger partial charge in [0.25, 0.3) is 0 Å². The number of anilines is 4. The van der Waals surface area contributed by atoms with Gasteiger partial charge in [-0.05, 0) is 38.4 Å². The summed E-state index contributed by atoms with van der Waals surface area (Å²) in [7, 11) is 7.56. The first-order valence-electron chi connectivity index (χ1n) is 10.3. The average molecular weight is 449 g/mol. The van der Waals surface area contributed by atoms with E-state index >= 15 is 0 Å². The zero-order valence-electron chi connectivity index (χ0n) is 19.2. The number of aromatic nitrogens is 4. The third-order valence-electron chi connectivity index (χ3n) is 4.79. The minimum atomic E-state index is -0.313. The number of ether oxygens (including phenoxy) is 1. The molecule has 0 atom stereocenters. The molecule has 172 valence electrons. The monoisotopic (exact) mass is 448 g/mol. The maximum Gasteiger partial charge on any atom is 0.247 e. The minimum Gasteiger partial charge on any atom is -0.494 e. The SMILES string of the molecule is C=CC(=O)Nc1cc(Nc2ncnc(-c3cccnc3)n2)c(OC)cc1N(C)CCN(C)C. The number of hydrogen-bond acceptors (Lipinski definition) is 9. The zero-order valence-corrected chi connectivity index (χ0v) is 19.2. The number of nitrogens with zero attached hydrogens (tertiary/aromatic N) is 6. The summed E-state index contributed by atoms with van der Waals surface area (Å²) in [6.07, 6.45) is 6.02. The molecule has 10 heteroatoms. The highest BCUT2D eigenvalue weighted by Gasteiger charge is 2.16. The molecule has 2 heterocycles. The third kappa shape index (κ3) is 6.23. The molecular formula is C23H28N8O2. The van der Waals surface area contributed by atoms with Crippen LogP contribution in [-0.2, 0) is 4.79 Å². The van der Waals surface area contributed by atoms with Gasteiger partial charge in [-0.1, -0.05) is 6.58 Å². The number of methoxy groups -OCH3 is 1. The lowest BCUT2D eigenvalue weighted by atomic mass is 10.2. The summed E-state index contributed by atoms with van der Waals surface area (Å²) in [4.78, 5) is 33.3. The van der Waals surface area contributed by atoms with Gasteiger partial charge in [0, 0.05) is 44.2 Å². The Morgan fingerprint density at radius 1 is 1.18 bits per heavy atom. The van der Waals surface area contributed by atoms with E-state index in [1.807, 2.05) is 39.3 Å².